The maximum Gasteiger partial charge on any atom is 0.388 e. The summed E-state index contributed by atoms with van der Waals surface area (Å²) < 4.78 is 29.9. The van der Waals surface area contributed by atoms with E-state index in [1.54, 1.807) is 6.92 Å². The molecule has 1 atom stereocenters. The number of alkyl halides is 2. The lowest BCUT2D eigenvalue weighted by Gasteiger charge is -2.39. The SMILES string of the molecule is Cn1nc(C(=O)NC(C)(CO)C2CCCCC2)cc1OC(F)F. The number of aryl methyl sites for hydroxylation is 1. The highest BCUT2D eigenvalue weighted by Crippen LogP contribution is 2.32. The van der Waals surface area contributed by atoms with Gasteiger partial charge in [0.25, 0.3) is 5.91 Å². The lowest BCUT2D eigenvalue weighted by atomic mass is 9.76. The highest BCUT2D eigenvalue weighted by Gasteiger charge is 2.36. The second-order valence-corrected chi connectivity index (χ2v) is 6.23. The summed E-state index contributed by atoms with van der Waals surface area (Å²) in [6.07, 6.45) is 5.21. The quantitative estimate of drug-likeness (QED) is 0.837. The molecule has 1 aromatic heterocycles. The molecule has 0 saturated heterocycles. The Morgan fingerprint density at radius 1 is 1.52 bits per heavy atom. The van der Waals surface area contributed by atoms with Gasteiger partial charge in [0.1, 0.15) is 0 Å². The lowest BCUT2D eigenvalue weighted by molar-refractivity contribution is -0.0553. The molecule has 1 amide bonds. The molecule has 6 nitrogen and oxygen atoms in total. The molecule has 23 heavy (non-hydrogen) atoms. The number of hydrogen-bond acceptors (Lipinski definition) is 4. The zero-order valence-corrected chi connectivity index (χ0v) is 13.4. The number of rotatable bonds is 6. The van der Waals surface area contributed by atoms with E-state index in [4.69, 9.17) is 0 Å². The molecular weight excluding hydrogens is 308 g/mol. The molecule has 2 N–H and O–H groups in total. The van der Waals surface area contributed by atoms with E-state index in [0.717, 1.165) is 30.4 Å². The van der Waals surface area contributed by atoms with Gasteiger partial charge in [0.2, 0.25) is 5.88 Å². The van der Waals surface area contributed by atoms with Crippen molar-refractivity contribution >= 4 is 5.91 Å². The Labute approximate surface area is 133 Å². The standard InChI is InChI=1S/C15H23F2N3O3/c1-15(9-21,10-6-4-3-5-7-10)18-13(22)11-8-12(20(2)19-11)23-14(16)17/h8,10,14,21H,3-7,9H2,1-2H3,(H,18,22). The number of carbonyl (C=O) groups is 1. The summed E-state index contributed by atoms with van der Waals surface area (Å²) in [7, 11) is 1.42. The van der Waals surface area contributed by atoms with Gasteiger partial charge in [-0.25, -0.2) is 4.68 Å². The molecule has 1 fully saturated rings. The first-order chi connectivity index (χ1) is 10.9. The number of carbonyl (C=O) groups excluding carboxylic acids is 1. The minimum atomic E-state index is -2.98. The molecule has 1 aliphatic rings. The molecule has 1 aromatic rings. The van der Waals surface area contributed by atoms with Gasteiger partial charge in [-0.3, -0.25) is 4.79 Å². The Hall–Kier alpha value is -1.70. The molecule has 0 aromatic carbocycles. The van der Waals surface area contributed by atoms with E-state index >= 15 is 0 Å². The Balaban J connectivity index is 2.10. The lowest BCUT2D eigenvalue weighted by Crippen LogP contribution is -2.54. The Kier molecular flexibility index (Phi) is 5.56. The first kappa shape index (κ1) is 17.7. The summed E-state index contributed by atoms with van der Waals surface area (Å²) in [6, 6.07) is 1.17. The first-order valence-electron chi connectivity index (χ1n) is 7.78. The third-order valence-corrected chi connectivity index (χ3v) is 4.51. The van der Waals surface area contributed by atoms with E-state index in [1.807, 2.05) is 0 Å². The van der Waals surface area contributed by atoms with Crippen LogP contribution in [-0.2, 0) is 7.05 Å². The summed E-state index contributed by atoms with van der Waals surface area (Å²) in [5, 5.41) is 16.5. The molecular formula is C15H23F2N3O3. The average Bonchev–Trinajstić information content (AvgIpc) is 2.88. The fraction of sp³-hybridized carbons (Fsp3) is 0.733. The number of aliphatic hydroxyl groups excluding tert-OH is 1. The van der Waals surface area contributed by atoms with Crippen molar-refractivity contribution in [1.29, 1.82) is 0 Å². The molecule has 0 aliphatic heterocycles. The van der Waals surface area contributed by atoms with Crippen LogP contribution in [0.25, 0.3) is 0 Å². The van der Waals surface area contributed by atoms with Gasteiger partial charge < -0.3 is 15.2 Å². The van der Waals surface area contributed by atoms with Crippen molar-refractivity contribution in [2.24, 2.45) is 13.0 Å². The molecule has 0 bridgehead atoms. The first-order valence-corrected chi connectivity index (χ1v) is 7.78. The fourth-order valence-corrected chi connectivity index (χ4v) is 3.10. The molecule has 2 rings (SSSR count). The maximum absolute atomic E-state index is 12.4. The summed E-state index contributed by atoms with van der Waals surface area (Å²) >= 11 is 0. The van der Waals surface area contributed by atoms with Crippen molar-refractivity contribution in [2.75, 3.05) is 6.61 Å². The third-order valence-electron chi connectivity index (χ3n) is 4.51. The van der Waals surface area contributed by atoms with Crippen LogP contribution in [0.15, 0.2) is 6.07 Å². The summed E-state index contributed by atoms with van der Waals surface area (Å²) in [5.74, 6) is -0.508. The number of ether oxygens (including phenoxy) is 1. The van der Waals surface area contributed by atoms with Gasteiger partial charge in [-0.1, -0.05) is 19.3 Å². The number of hydrogen-bond donors (Lipinski definition) is 2. The second-order valence-electron chi connectivity index (χ2n) is 6.23. The zero-order valence-electron chi connectivity index (χ0n) is 13.4. The van der Waals surface area contributed by atoms with Crippen LogP contribution >= 0.6 is 0 Å². The molecule has 0 radical (unpaired) electrons. The van der Waals surface area contributed by atoms with Gasteiger partial charge in [0.05, 0.1) is 12.1 Å². The molecule has 1 saturated carbocycles. The molecule has 1 unspecified atom stereocenters. The van der Waals surface area contributed by atoms with Gasteiger partial charge in [-0.05, 0) is 25.7 Å². The van der Waals surface area contributed by atoms with Gasteiger partial charge in [-0.2, -0.15) is 13.9 Å². The maximum atomic E-state index is 12.4. The van der Waals surface area contributed by atoms with Crippen LogP contribution in [0.1, 0.15) is 49.5 Å². The number of aliphatic hydroxyl groups is 1. The monoisotopic (exact) mass is 331 g/mol. The van der Waals surface area contributed by atoms with Crippen molar-refractivity contribution < 1.29 is 23.4 Å². The molecule has 0 spiro atoms. The number of halogens is 2. The van der Waals surface area contributed by atoms with E-state index in [-0.39, 0.29) is 24.1 Å². The minimum Gasteiger partial charge on any atom is -0.417 e. The van der Waals surface area contributed by atoms with E-state index in [2.05, 4.69) is 15.2 Å². The Morgan fingerprint density at radius 3 is 2.74 bits per heavy atom. The molecule has 8 heteroatoms. The van der Waals surface area contributed by atoms with Crippen LogP contribution in [0.5, 0.6) is 5.88 Å². The van der Waals surface area contributed by atoms with Crippen molar-refractivity contribution in [3.8, 4) is 5.88 Å². The smallest absolute Gasteiger partial charge is 0.388 e. The van der Waals surface area contributed by atoms with Crippen LogP contribution in [0.2, 0.25) is 0 Å². The summed E-state index contributed by atoms with van der Waals surface area (Å²) in [6.45, 7) is -1.36. The Morgan fingerprint density at radius 2 is 2.17 bits per heavy atom. The number of nitrogens with one attached hydrogen (secondary N) is 1. The van der Waals surface area contributed by atoms with Gasteiger partial charge in [0.15, 0.2) is 5.69 Å². The minimum absolute atomic E-state index is 0.0152. The molecule has 1 aliphatic carbocycles. The normalized spacial score (nSPS) is 18.7. The van der Waals surface area contributed by atoms with Crippen molar-refractivity contribution in [3.63, 3.8) is 0 Å². The predicted octanol–water partition coefficient (Wildman–Crippen LogP) is 2.08. The van der Waals surface area contributed by atoms with Crippen LogP contribution < -0.4 is 10.1 Å². The van der Waals surface area contributed by atoms with Crippen LogP contribution in [0, 0.1) is 5.92 Å². The van der Waals surface area contributed by atoms with Crippen molar-refractivity contribution in [3.05, 3.63) is 11.8 Å². The van der Waals surface area contributed by atoms with Crippen LogP contribution in [0.4, 0.5) is 8.78 Å². The highest BCUT2D eigenvalue weighted by molar-refractivity contribution is 5.93. The second kappa shape index (κ2) is 7.25. The van der Waals surface area contributed by atoms with Crippen molar-refractivity contribution in [2.45, 2.75) is 51.2 Å². The topological polar surface area (TPSA) is 76.4 Å². The van der Waals surface area contributed by atoms with Gasteiger partial charge >= 0.3 is 6.61 Å². The van der Waals surface area contributed by atoms with E-state index in [9.17, 15) is 18.7 Å². The van der Waals surface area contributed by atoms with E-state index in [0.29, 0.717) is 0 Å². The number of nitrogens with zero attached hydrogens (tertiary/aromatic N) is 2. The largest absolute Gasteiger partial charge is 0.417 e. The number of amides is 1. The zero-order chi connectivity index (χ0) is 17.0. The average molecular weight is 331 g/mol. The van der Waals surface area contributed by atoms with Crippen LogP contribution in [0.3, 0.4) is 0 Å². The Bertz CT molecular complexity index is 544. The van der Waals surface area contributed by atoms with E-state index in [1.165, 1.54) is 19.5 Å². The fourth-order valence-electron chi connectivity index (χ4n) is 3.10. The highest BCUT2D eigenvalue weighted by atomic mass is 19.3. The van der Waals surface area contributed by atoms with Crippen molar-refractivity contribution in [1.82, 2.24) is 15.1 Å². The third kappa shape index (κ3) is 4.19. The van der Waals surface area contributed by atoms with E-state index < -0.39 is 18.1 Å². The summed E-state index contributed by atoms with van der Waals surface area (Å²) in [4.78, 5) is 12.4. The summed E-state index contributed by atoms with van der Waals surface area (Å²) in [5.41, 5.74) is -0.766. The molecule has 130 valence electrons. The van der Waals surface area contributed by atoms with Gasteiger partial charge in [-0.15, -0.1) is 0 Å². The number of aromatic nitrogens is 2. The molecule has 1 heterocycles. The van der Waals surface area contributed by atoms with Gasteiger partial charge in [0, 0.05) is 13.1 Å². The van der Waals surface area contributed by atoms with Crippen LogP contribution in [-0.4, -0.2) is 39.6 Å². The predicted molar refractivity (Wildman–Crippen MR) is 79.4 cm³/mol.